The Hall–Kier alpha value is -2.53. The number of carbonyl (C=O) groups is 1. The van der Waals surface area contributed by atoms with Crippen LogP contribution in [0.3, 0.4) is 0 Å². The Bertz CT molecular complexity index is 909. The molecule has 0 radical (unpaired) electrons. The molecule has 178 valence electrons. The molecule has 1 saturated carbocycles. The van der Waals surface area contributed by atoms with Crippen molar-refractivity contribution in [3.63, 3.8) is 0 Å². The number of nitrogens with two attached hydrogens (primary N) is 1. The predicted octanol–water partition coefficient (Wildman–Crippen LogP) is 6.11. The van der Waals surface area contributed by atoms with Crippen molar-refractivity contribution in [2.75, 3.05) is 17.6 Å². The van der Waals surface area contributed by atoms with Gasteiger partial charge in [-0.2, -0.15) is 0 Å². The summed E-state index contributed by atoms with van der Waals surface area (Å²) >= 11 is 0. The highest BCUT2D eigenvalue weighted by Crippen LogP contribution is 2.39. The highest BCUT2D eigenvalue weighted by atomic mass is 16.5. The van der Waals surface area contributed by atoms with Gasteiger partial charge >= 0.3 is 0 Å². The van der Waals surface area contributed by atoms with Gasteiger partial charge in [-0.15, -0.1) is 0 Å². The molecule has 3 fully saturated rings. The number of rotatable bonds is 6. The van der Waals surface area contributed by atoms with Crippen LogP contribution in [0.2, 0.25) is 0 Å². The highest BCUT2D eigenvalue weighted by Gasteiger charge is 2.42. The number of benzene rings is 2. The summed E-state index contributed by atoms with van der Waals surface area (Å²) in [6, 6.07) is 16.1. The molecular weight excluding hydrogens is 410 g/mol. The summed E-state index contributed by atoms with van der Waals surface area (Å²) in [7, 11) is 0. The lowest BCUT2D eigenvalue weighted by Gasteiger charge is -2.41. The molecule has 2 bridgehead atoms. The molecule has 1 aliphatic carbocycles. The lowest BCUT2D eigenvalue weighted by molar-refractivity contribution is 0.0356. The number of carbonyl (C=O) groups excluding carboxylic acids is 1. The minimum absolute atomic E-state index is 0. The first-order valence-electron chi connectivity index (χ1n) is 12.3. The van der Waals surface area contributed by atoms with Crippen LogP contribution in [0.1, 0.15) is 75.6 Å². The number of nitrogens with zero attached hydrogens (tertiary/aromatic N) is 1. The molecule has 0 aromatic heterocycles. The number of fused-ring (bicyclic) bond motifs is 2. The van der Waals surface area contributed by atoms with E-state index in [9.17, 15) is 4.79 Å². The van der Waals surface area contributed by atoms with E-state index in [1.807, 2.05) is 36.4 Å². The summed E-state index contributed by atoms with van der Waals surface area (Å²) in [4.78, 5) is 15.4. The summed E-state index contributed by atoms with van der Waals surface area (Å²) in [6.45, 7) is 1.30. The number of hydrogen-bond donors (Lipinski definition) is 2. The molecule has 5 heteroatoms. The van der Waals surface area contributed by atoms with Gasteiger partial charge in [0, 0.05) is 24.2 Å². The molecule has 2 heterocycles. The maximum atomic E-state index is 12.5. The second-order valence-electron chi connectivity index (χ2n) is 9.86. The van der Waals surface area contributed by atoms with Gasteiger partial charge in [-0.25, -0.2) is 0 Å². The Morgan fingerprint density at radius 3 is 2.27 bits per heavy atom. The van der Waals surface area contributed by atoms with Crippen LogP contribution in [-0.2, 0) is 0 Å². The zero-order valence-corrected chi connectivity index (χ0v) is 18.8. The Balaban J connectivity index is 0.00000259. The van der Waals surface area contributed by atoms with Crippen LogP contribution in [0.5, 0.6) is 5.75 Å². The van der Waals surface area contributed by atoms with Gasteiger partial charge in [0.25, 0.3) is 5.91 Å². The van der Waals surface area contributed by atoms with Crippen molar-refractivity contribution < 1.29 is 9.53 Å². The average molecular weight is 450 g/mol. The molecule has 2 aromatic rings. The van der Waals surface area contributed by atoms with Crippen molar-refractivity contribution in [2.24, 2.45) is 5.92 Å². The quantitative estimate of drug-likeness (QED) is 0.522. The molecule has 5 rings (SSSR count). The van der Waals surface area contributed by atoms with Crippen LogP contribution >= 0.6 is 0 Å². The SMILES string of the molecule is C.Nc1ccccc1NC(=O)c1ccc(OC2CC3CCC(C2)N3CC2CCCCC2)cc1. The van der Waals surface area contributed by atoms with E-state index >= 15 is 0 Å². The van der Waals surface area contributed by atoms with E-state index < -0.39 is 0 Å². The van der Waals surface area contributed by atoms with Crippen LogP contribution in [0, 0.1) is 5.92 Å². The molecule has 0 spiro atoms. The van der Waals surface area contributed by atoms with Crippen LogP contribution in [0.25, 0.3) is 0 Å². The van der Waals surface area contributed by atoms with Gasteiger partial charge in [0.2, 0.25) is 0 Å². The van der Waals surface area contributed by atoms with Gasteiger partial charge in [-0.1, -0.05) is 38.8 Å². The molecule has 2 aromatic carbocycles. The van der Waals surface area contributed by atoms with Crippen molar-refractivity contribution in [1.82, 2.24) is 4.90 Å². The van der Waals surface area contributed by atoms with Crippen molar-refractivity contribution in [3.8, 4) is 5.75 Å². The van der Waals surface area contributed by atoms with Gasteiger partial charge in [0.1, 0.15) is 11.9 Å². The Kier molecular flexibility index (Phi) is 7.59. The third-order valence-corrected chi connectivity index (χ3v) is 7.66. The monoisotopic (exact) mass is 449 g/mol. The largest absolute Gasteiger partial charge is 0.490 e. The van der Waals surface area contributed by atoms with E-state index in [2.05, 4.69) is 10.2 Å². The molecule has 2 aliphatic heterocycles. The topological polar surface area (TPSA) is 67.6 Å². The van der Waals surface area contributed by atoms with Gasteiger partial charge in [-0.05, 0) is 80.8 Å². The average Bonchev–Trinajstić information content (AvgIpc) is 3.04. The molecule has 2 unspecified atom stereocenters. The standard InChI is InChI=1S/C27H35N3O2.CH4/c28-25-8-4-5-9-26(25)29-27(31)20-10-14-23(15-11-20)32-24-16-21-12-13-22(17-24)30(21)18-19-6-2-1-3-7-19;/h4-5,8-11,14-15,19,21-22,24H,1-3,6-7,12-13,16-18,28H2,(H,29,31);1H4. The summed E-state index contributed by atoms with van der Waals surface area (Å²) in [5.74, 6) is 1.60. The maximum Gasteiger partial charge on any atom is 0.255 e. The Labute approximate surface area is 198 Å². The zero-order valence-electron chi connectivity index (χ0n) is 18.8. The fraction of sp³-hybridized carbons (Fsp3) is 0.536. The number of ether oxygens (including phenoxy) is 1. The number of nitrogens with one attached hydrogen (secondary N) is 1. The van der Waals surface area contributed by atoms with Crippen LogP contribution in [-0.4, -0.2) is 35.5 Å². The molecule has 5 nitrogen and oxygen atoms in total. The normalized spacial score (nSPS) is 25.3. The second-order valence-corrected chi connectivity index (χ2v) is 9.86. The third kappa shape index (κ3) is 5.52. The van der Waals surface area contributed by atoms with Crippen molar-refractivity contribution in [3.05, 3.63) is 54.1 Å². The highest BCUT2D eigenvalue weighted by molar-refractivity contribution is 6.05. The van der Waals surface area contributed by atoms with Crippen molar-refractivity contribution in [1.29, 1.82) is 0 Å². The molecule has 2 atom stereocenters. The first kappa shape index (κ1) is 23.6. The van der Waals surface area contributed by atoms with E-state index in [4.69, 9.17) is 10.5 Å². The third-order valence-electron chi connectivity index (χ3n) is 7.66. The van der Waals surface area contributed by atoms with Crippen LogP contribution in [0.15, 0.2) is 48.5 Å². The van der Waals surface area contributed by atoms with Crippen molar-refractivity contribution >= 4 is 17.3 Å². The lowest BCUT2D eigenvalue weighted by Crippen LogP contribution is -2.48. The zero-order chi connectivity index (χ0) is 21.9. The summed E-state index contributed by atoms with van der Waals surface area (Å²) < 4.78 is 6.37. The van der Waals surface area contributed by atoms with Gasteiger partial charge in [-0.3, -0.25) is 9.69 Å². The lowest BCUT2D eigenvalue weighted by atomic mass is 9.87. The number of nitrogen functional groups attached to an aromatic ring is 1. The number of anilines is 2. The van der Waals surface area contributed by atoms with E-state index in [0.29, 0.717) is 29.0 Å². The molecule has 3 aliphatic rings. The summed E-state index contributed by atoms with van der Waals surface area (Å²) in [5, 5.41) is 2.88. The number of para-hydroxylation sites is 2. The second kappa shape index (κ2) is 10.6. The van der Waals surface area contributed by atoms with Gasteiger partial charge in [0.05, 0.1) is 11.4 Å². The van der Waals surface area contributed by atoms with Crippen molar-refractivity contribution in [2.45, 2.75) is 83.4 Å². The number of hydrogen-bond acceptors (Lipinski definition) is 4. The van der Waals surface area contributed by atoms with Crippen LogP contribution in [0.4, 0.5) is 11.4 Å². The minimum atomic E-state index is -0.163. The molecule has 3 N–H and O–H groups in total. The van der Waals surface area contributed by atoms with E-state index in [-0.39, 0.29) is 19.4 Å². The van der Waals surface area contributed by atoms with Gasteiger partial charge in [0.15, 0.2) is 0 Å². The summed E-state index contributed by atoms with van der Waals surface area (Å²) in [6.07, 6.45) is 12.3. The van der Waals surface area contributed by atoms with E-state index in [0.717, 1.165) is 24.5 Å². The van der Waals surface area contributed by atoms with E-state index in [1.54, 1.807) is 12.1 Å². The number of amides is 1. The number of piperidine rings is 1. The Morgan fingerprint density at radius 2 is 1.61 bits per heavy atom. The predicted molar refractivity (Wildman–Crippen MR) is 136 cm³/mol. The first-order valence-corrected chi connectivity index (χ1v) is 12.3. The Morgan fingerprint density at radius 1 is 0.939 bits per heavy atom. The van der Waals surface area contributed by atoms with Gasteiger partial charge < -0.3 is 15.8 Å². The molecule has 33 heavy (non-hydrogen) atoms. The van der Waals surface area contributed by atoms with Crippen LogP contribution < -0.4 is 15.8 Å². The fourth-order valence-electron chi connectivity index (χ4n) is 5.97. The first-order chi connectivity index (χ1) is 15.7. The molecule has 2 saturated heterocycles. The van der Waals surface area contributed by atoms with E-state index in [1.165, 1.54) is 51.5 Å². The minimum Gasteiger partial charge on any atom is -0.490 e. The fourth-order valence-corrected chi connectivity index (χ4v) is 5.97. The maximum absolute atomic E-state index is 12.5. The summed E-state index contributed by atoms with van der Waals surface area (Å²) in [5.41, 5.74) is 7.72. The molecule has 1 amide bonds. The smallest absolute Gasteiger partial charge is 0.255 e. The molecular formula is C28H39N3O2.